The Morgan fingerprint density at radius 3 is 1.74 bits per heavy atom. The second-order valence-electron chi connectivity index (χ2n) is 11.1. The van der Waals surface area contributed by atoms with Crippen LogP contribution in [0.3, 0.4) is 0 Å². The van der Waals surface area contributed by atoms with E-state index < -0.39 is 23.9 Å². The van der Waals surface area contributed by atoms with E-state index in [-0.39, 0.29) is 84.7 Å². The van der Waals surface area contributed by atoms with Crippen LogP contribution >= 0.6 is 0 Å². The van der Waals surface area contributed by atoms with Gasteiger partial charge in [0.25, 0.3) is 0 Å². The van der Waals surface area contributed by atoms with Gasteiger partial charge in [0.05, 0.1) is 19.8 Å². The number of phenolic OH excluding ortho intramolecular Hbond substituents is 1. The molecule has 0 bridgehead atoms. The van der Waals surface area contributed by atoms with Crippen LogP contribution in [0, 0.1) is 13.8 Å². The molecule has 0 unspecified atom stereocenters. The number of allylic oxidation sites excluding steroid dienone is 4. The number of carbonyl (C=O) groups is 4. The first-order valence-electron chi connectivity index (χ1n) is 14.6. The molecule has 13 heteroatoms. The summed E-state index contributed by atoms with van der Waals surface area (Å²) >= 11 is 0. The van der Waals surface area contributed by atoms with E-state index in [1.807, 2.05) is 19.9 Å². The van der Waals surface area contributed by atoms with Gasteiger partial charge in [0.15, 0.2) is 0 Å². The quantitative estimate of drug-likeness (QED) is 0.182. The first-order valence-corrected chi connectivity index (χ1v) is 14.6. The molecule has 0 aromatic heterocycles. The molecule has 248 valence electrons. The summed E-state index contributed by atoms with van der Waals surface area (Å²) in [6.07, 6.45) is 5.00. The molecular formula is C34H38NaO12-. The smallest absolute Gasteiger partial charge is 0.872 e. The van der Waals surface area contributed by atoms with Crippen molar-refractivity contribution in [3.05, 3.63) is 67.8 Å². The summed E-state index contributed by atoms with van der Waals surface area (Å²) in [7, 11) is 2.98. The predicted molar refractivity (Wildman–Crippen MR) is 161 cm³/mol. The average Bonchev–Trinajstić information content (AvgIpc) is 3.60. The number of benzene rings is 2. The number of methoxy groups -OCH3 is 2. The minimum absolute atomic E-state index is 0. The van der Waals surface area contributed by atoms with Crippen molar-refractivity contribution in [2.45, 2.75) is 79.4 Å². The maximum absolute atomic E-state index is 12.6. The van der Waals surface area contributed by atoms with E-state index in [0.29, 0.717) is 53.0 Å². The Morgan fingerprint density at radius 1 is 0.809 bits per heavy atom. The van der Waals surface area contributed by atoms with Gasteiger partial charge in [0.1, 0.15) is 36.0 Å². The van der Waals surface area contributed by atoms with Gasteiger partial charge in [0.2, 0.25) is 0 Å². The second kappa shape index (κ2) is 17.2. The molecule has 2 aliphatic heterocycles. The van der Waals surface area contributed by atoms with Gasteiger partial charge in [-0.1, -0.05) is 29.0 Å². The zero-order valence-corrected chi connectivity index (χ0v) is 29.8. The van der Waals surface area contributed by atoms with Gasteiger partial charge in [-0.15, -0.1) is 0 Å². The number of carboxylic acid groups (broad SMARTS) is 2. The van der Waals surface area contributed by atoms with Crippen molar-refractivity contribution in [3.8, 4) is 23.0 Å². The van der Waals surface area contributed by atoms with Crippen LogP contribution in [0.25, 0.3) is 0 Å². The maximum atomic E-state index is 12.6. The fraction of sp³-hybridized carbons (Fsp3) is 0.412. The van der Waals surface area contributed by atoms with E-state index in [2.05, 4.69) is 0 Å². The minimum Gasteiger partial charge on any atom is -0.872 e. The largest absolute Gasteiger partial charge is 1.00 e. The molecule has 0 spiro atoms. The van der Waals surface area contributed by atoms with Crippen LogP contribution in [0.1, 0.15) is 93.6 Å². The molecule has 0 saturated heterocycles. The average molecular weight is 662 g/mol. The second-order valence-corrected chi connectivity index (χ2v) is 11.1. The van der Waals surface area contributed by atoms with E-state index in [1.54, 1.807) is 19.9 Å². The molecule has 0 fully saturated rings. The SMILES string of the molecule is COc1c(C)c2c(c(O)c1C/C=C(\C)CCC(=O)O)C(=O)OC2.COc1c(C)c2c(c([O-])c1C/C=C(\C)CCC(=O)[O-])C(=O)OC2.[Na+]. The number of aliphatic carboxylic acids is 2. The van der Waals surface area contributed by atoms with Gasteiger partial charge in [-0.25, -0.2) is 9.59 Å². The van der Waals surface area contributed by atoms with E-state index in [9.17, 15) is 34.5 Å². The van der Waals surface area contributed by atoms with Crippen LogP contribution in [0.15, 0.2) is 23.3 Å². The van der Waals surface area contributed by atoms with E-state index in [0.717, 1.165) is 22.3 Å². The van der Waals surface area contributed by atoms with E-state index in [4.69, 9.17) is 24.1 Å². The molecule has 0 amide bonds. The zero-order valence-electron chi connectivity index (χ0n) is 27.8. The van der Waals surface area contributed by atoms with Crippen LogP contribution < -0.4 is 49.2 Å². The van der Waals surface area contributed by atoms with Crippen molar-refractivity contribution < 1.29 is 88.1 Å². The zero-order chi connectivity index (χ0) is 34.3. The van der Waals surface area contributed by atoms with Crippen molar-refractivity contribution in [3.63, 3.8) is 0 Å². The number of phenols is 1. The Labute approximate surface area is 295 Å². The summed E-state index contributed by atoms with van der Waals surface area (Å²) in [6, 6.07) is 0. The number of aromatic hydroxyl groups is 1. The van der Waals surface area contributed by atoms with Crippen LogP contribution in [0.4, 0.5) is 0 Å². The molecule has 2 heterocycles. The van der Waals surface area contributed by atoms with Crippen LogP contribution in [-0.2, 0) is 45.1 Å². The molecule has 2 aromatic carbocycles. The molecular weight excluding hydrogens is 623 g/mol. The van der Waals surface area contributed by atoms with Crippen LogP contribution in [0.2, 0.25) is 0 Å². The summed E-state index contributed by atoms with van der Waals surface area (Å²) in [5.74, 6) is -2.62. The number of carboxylic acids is 2. The van der Waals surface area contributed by atoms with Crippen molar-refractivity contribution in [1.82, 2.24) is 0 Å². The Morgan fingerprint density at radius 2 is 1.26 bits per heavy atom. The number of cyclic esters (lactones) is 2. The molecule has 47 heavy (non-hydrogen) atoms. The molecule has 2 aromatic rings. The number of rotatable bonds is 12. The van der Waals surface area contributed by atoms with E-state index in [1.165, 1.54) is 14.2 Å². The maximum Gasteiger partial charge on any atom is 1.00 e. The molecule has 0 radical (unpaired) electrons. The summed E-state index contributed by atoms with van der Waals surface area (Å²) in [6.45, 7) is 7.46. The van der Waals surface area contributed by atoms with E-state index >= 15 is 0 Å². The van der Waals surface area contributed by atoms with Crippen molar-refractivity contribution in [2.75, 3.05) is 14.2 Å². The Kier molecular flexibility index (Phi) is 14.4. The summed E-state index contributed by atoms with van der Waals surface area (Å²) < 4.78 is 20.7. The summed E-state index contributed by atoms with van der Waals surface area (Å²) in [4.78, 5) is 44.6. The third-order valence-electron chi connectivity index (χ3n) is 8.04. The summed E-state index contributed by atoms with van der Waals surface area (Å²) in [5.41, 5.74) is 5.65. The number of fused-ring (bicyclic) bond motifs is 2. The molecule has 0 atom stereocenters. The number of hydrogen-bond donors (Lipinski definition) is 2. The van der Waals surface area contributed by atoms with Gasteiger partial charge in [0, 0.05) is 29.1 Å². The Hall–Kier alpha value is -4.00. The molecule has 2 aliphatic rings. The molecule has 2 N–H and O–H groups in total. The number of ether oxygens (including phenoxy) is 4. The fourth-order valence-electron chi connectivity index (χ4n) is 5.40. The van der Waals surface area contributed by atoms with Crippen molar-refractivity contribution in [1.29, 1.82) is 0 Å². The van der Waals surface area contributed by atoms with Gasteiger partial charge in [-0.05, 0) is 76.5 Å². The van der Waals surface area contributed by atoms with Crippen molar-refractivity contribution >= 4 is 23.9 Å². The van der Waals surface area contributed by atoms with Gasteiger partial charge < -0.3 is 44.2 Å². The standard InChI is InChI=1S/2C17H20O6.Na/c2*1-9(5-7-13(18)19)4-6-11-15(20)14-12(8-23-17(14)21)10(2)16(11)22-3;/h2*4,20H,5-8H2,1-3H3,(H,18,19);/q;;+1/p-2/b2*9-4+;. The molecule has 12 nitrogen and oxygen atoms in total. The van der Waals surface area contributed by atoms with Crippen LogP contribution in [-0.4, -0.2) is 48.3 Å². The number of carbonyl (C=O) groups excluding carboxylic acids is 3. The minimum atomic E-state index is -1.11. The Bertz CT molecular complexity index is 1500. The first-order chi connectivity index (χ1) is 21.7. The molecule has 0 saturated carbocycles. The third-order valence-corrected chi connectivity index (χ3v) is 8.04. The van der Waals surface area contributed by atoms with Gasteiger partial charge in [-0.3, -0.25) is 4.79 Å². The number of hydrogen-bond acceptors (Lipinski definition) is 11. The molecule has 4 rings (SSSR count). The topological polar surface area (TPSA) is 192 Å². The number of esters is 2. The summed E-state index contributed by atoms with van der Waals surface area (Å²) in [5, 5.41) is 42.2. The normalized spacial score (nSPS) is 13.4. The van der Waals surface area contributed by atoms with Gasteiger partial charge >= 0.3 is 47.5 Å². The van der Waals surface area contributed by atoms with Crippen LogP contribution in [0.5, 0.6) is 23.0 Å². The first kappa shape index (κ1) is 39.2. The predicted octanol–water partition coefficient (Wildman–Crippen LogP) is 0.504. The Balaban J connectivity index is 0.000000320. The van der Waals surface area contributed by atoms with Crippen molar-refractivity contribution in [2.24, 2.45) is 0 Å². The third kappa shape index (κ3) is 9.09. The molecule has 0 aliphatic carbocycles. The monoisotopic (exact) mass is 661 g/mol. The fourth-order valence-corrected chi connectivity index (χ4v) is 5.40. The van der Waals surface area contributed by atoms with Gasteiger partial charge in [-0.2, -0.15) is 0 Å².